The van der Waals surface area contributed by atoms with Crippen molar-refractivity contribution in [3.63, 3.8) is 0 Å². The Kier molecular flexibility index (Phi) is 2.65. The fourth-order valence-corrected chi connectivity index (χ4v) is 2.25. The normalized spacial score (nSPS) is 24.7. The molecule has 0 radical (unpaired) electrons. The van der Waals surface area contributed by atoms with E-state index in [1.807, 2.05) is 0 Å². The zero-order chi connectivity index (χ0) is 8.23. The largest absolute Gasteiger partial charge is 0.0853 e. The molecule has 2 aliphatic carbocycles. The Bertz CT molecular complexity index is 184. The van der Waals surface area contributed by atoms with Crippen LogP contribution in [0, 0.1) is 0 Å². The van der Waals surface area contributed by atoms with E-state index in [4.69, 9.17) is 0 Å². The van der Waals surface area contributed by atoms with Crippen LogP contribution < -0.4 is 0 Å². The van der Waals surface area contributed by atoms with E-state index in [9.17, 15) is 0 Å². The molecule has 66 valence electrons. The summed E-state index contributed by atoms with van der Waals surface area (Å²) in [4.78, 5) is 0. The number of fused-ring (bicyclic) bond motifs is 3. The van der Waals surface area contributed by atoms with E-state index in [-0.39, 0.29) is 0 Å². The smallest absolute Gasteiger partial charge is 0.0283 e. The van der Waals surface area contributed by atoms with Crippen LogP contribution in [-0.2, 0) is 0 Å². The van der Waals surface area contributed by atoms with Gasteiger partial charge in [-0.15, -0.1) is 0 Å². The third-order valence-corrected chi connectivity index (χ3v) is 3.04. The lowest BCUT2D eigenvalue weighted by atomic mass is 9.90. The second-order valence-corrected chi connectivity index (χ2v) is 4.01. The number of rotatable bonds is 0. The van der Waals surface area contributed by atoms with Gasteiger partial charge in [-0.05, 0) is 51.4 Å². The summed E-state index contributed by atoms with van der Waals surface area (Å²) in [5, 5.41) is 0. The van der Waals surface area contributed by atoms with Gasteiger partial charge in [0.1, 0.15) is 0 Å². The third kappa shape index (κ3) is 2.00. The Hall–Kier alpha value is -0.520. The van der Waals surface area contributed by atoms with Crippen LogP contribution in [0.1, 0.15) is 51.4 Å². The molecule has 0 saturated carbocycles. The van der Waals surface area contributed by atoms with Gasteiger partial charge in [0.15, 0.2) is 0 Å². The van der Waals surface area contributed by atoms with Crippen LogP contribution in [0.2, 0.25) is 0 Å². The molecule has 0 atom stereocenters. The highest BCUT2D eigenvalue weighted by Crippen LogP contribution is 2.27. The average Bonchev–Trinajstić information content (AvgIpc) is 2.03. The molecule has 2 rings (SSSR count). The van der Waals surface area contributed by atoms with Crippen molar-refractivity contribution in [3.05, 3.63) is 23.3 Å². The van der Waals surface area contributed by atoms with E-state index >= 15 is 0 Å². The maximum atomic E-state index is 2.50. The summed E-state index contributed by atoms with van der Waals surface area (Å²) >= 11 is 0. The summed E-state index contributed by atoms with van der Waals surface area (Å²) < 4.78 is 0. The number of allylic oxidation sites excluding steroid dienone is 4. The zero-order valence-electron chi connectivity index (χ0n) is 7.81. The second kappa shape index (κ2) is 3.93. The van der Waals surface area contributed by atoms with Gasteiger partial charge in [-0.25, -0.2) is 0 Å². The summed E-state index contributed by atoms with van der Waals surface area (Å²) in [5.74, 6) is 0. The van der Waals surface area contributed by atoms with Gasteiger partial charge in [-0.3, -0.25) is 0 Å². The molecule has 0 N–H and O–H groups in total. The van der Waals surface area contributed by atoms with Crippen molar-refractivity contribution in [2.45, 2.75) is 51.4 Å². The zero-order valence-corrected chi connectivity index (χ0v) is 7.81. The first-order chi connectivity index (χ1) is 5.95. The third-order valence-electron chi connectivity index (χ3n) is 3.04. The van der Waals surface area contributed by atoms with Crippen LogP contribution in [0.5, 0.6) is 0 Å². The highest BCUT2D eigenvalue weighted by Gasteiger charge is 2.07. The Balaban J connectivity index is 2.15. The lowest BCUT2D eigenvalue weighted by Crippen LogP contribution is -1.97. The van der Waals surface area contributed by atoms with Crippen molar-refractivity contribution in [2.24, 2.45) is 0 Å². The van der Waals surface area contributed by atoms with Crippen molar-refractivity contribution >= 4 is 0 Å². The molecule has 0 aromatic carbocycles. The van der Waals surface area contributed by atoms with Crippen molar-refractivity contribution in [1.82, 2.24) is 0 Å². The highest BCUT2D eigenvalue weighted by molar-refractivity contribution is 5.13. The molecule has 0 aromatic rings. The maximum absolute atomic E-state index is 2.50. The van der Waals surface area contributed by atoms with Crippen molar-refractivity contribution in [3.8, 4) is 0 Å². The first kappa shape index (κ1) is 8.10. The molecule has 0 nitrogen and oxygen atoms in total. The highest BCUT2D eigenvalue weighted by atomic mass is 14.1. The maximum Gasteiger partial charge on any atom is -0.0283 e. The van der Waals surface area contributed by atoms with Crippen LogP contribution in [0.15, 0.2) is 23.3 Å². The monoisotopic (exact) mass is 162 g/mol. The van der Waals surface area contributed by atoms with Gasteiger partial charge in [-0.1, -0.05) is 23.3 Å². The van der Waals surface area contributed by atoms with Crippen molar-refractivity contribution in [2.75, 3.05) is 0 Å². The topological polar surface area (TPSA) is 0 Å². The van der Waals surface area contributed by atoms with E-state index in [0.29, 0.717) is 0 Å². The van der Waals surface area contributed by atoms with Crippen molar-refractivity contribution < 1.29 is 0 Å². The van der Waals surface area contributed by atoms with Crippen LogP contribution in [-0.4, -0.2) is 0 Å². The standard InChI is InChI=1S/C12H18/c1-2-6-12-8-4-3-7-11(5-1)9-10-12/h5,8H,1-4,6-7,9-10H2. The lowest BCUT2D eigenvalue weighted by Gasteiger charge is -2.16. The molecule has 12 heavy (non-hydrogen) atoms. The van der Waals surface area contributed by atoms with E-state index in [0.717, 1.165) is 0 Å². The Morgan fingerprint density at radius 2 is 1.17 bits per heavy atom. The van der Waals surface area contributed by atoms with Gasteiger partial charge in [0.05, 0.1) is 0 Å². The fraction of sp³-hybridized carbons (Fsp3) is 0.667. The van der Waals surface area contributed by atoms with Crippen LogP contribution in [0.3, 0.4) is 0 Å². The molecule has 0 aromatic heterocycles. The average molecular weight is 162 g/mol. The summed E-state index contributed by atoms with van der Waals surface area (Å²) in [6, 6.07) is 0. The minimum Gasteiger partial charge on any atom is -0.0853 e. The lowest BCUT2D eigenvalue weighted by molar-refractivity contribution is 0.678. The predicted octanol–water partition coefficient (Wildman–Crippen LogP) is 3.99. The predicted molar refractivity (Wildman–Crippen MR) is 53.1 cm³/mol. The van der Waals surface area contributed by atoms with Crippen LogP contribution in [0.25, 0.3) is 0 Å². The summed E-state index contributed by atoms with van der Waals surface area (Å²) in [6.45, 7) is 0. The Morgan fingerprint density at radius 1 is 0.667 bits per heavy atom. The molecule has 0 heterocycles. The number of hydrogen-bond donors (Lipinski definition) is 0. The van der Waals surface area contributed by atoms with Gasteiger partial charge in [0.2, 0.25) is 0 Å². The van der Waals surface area contributed by atoms with Gasteiger partial charge in [0, 0.05) is 0 Å². The second-order valence-electron chi connectivity index (χ2n) is 4.01. The molecular formula is C12H18. The van der Waals surface area contributed by atoms with Gasteiger partial charge in [-0.2, -0.15) is 0 Å². The first-order valence-electron chi connectivity index (χ1n) is 5.31. The summed E-state index contributed by atoms with van der Waals surface area (Å²) in [6.07, 6.45) is 15.9. The van der Waals surface area contributed by atoms with Crippen molar-refractivity contribution in [1.29, 1.82) is 0 Å². The minimum absolute atomic E-state index is 1.33. The molecule has 2 aliphatic rings. The molecule has 0 unspecified atom stereocenters. The molecule has 0 fully saturated rings. The Labute approximate surface area is 75.4 Å². The molecule has 0 amide bonds. The van der Waals surface area contributed by atoms with Gasteiger partial charge < -0.3 is 0 Å². The van der Waals surface area contributed by atoms with Crippen LogP contribution in [0.4, 0.5) is 0 Å². The quantitative estimate of drug-likeness (QED) is 0.472. The molecule has 0 spiro atoms. The molecule has 0 aliphatic heterocycles. The van der Waals surface area contributed by atoms with Crippen LogP contribution >= 0.6 is 0 Å². The molecule has 0 saturated heterocycles. The first-order valence-corrected chi connectivity index (χ1v) is 5.31. The molecule has 2 bridgehead atoms. The van der Waals surface area contributed by atoms with Gasteiger partial charge >= 0.3 is 0 Å². The van der Waals surface area contributed by atoms with E-state index in [2.05, 4.69) is 12.2 Å². The number of hydrogen-bond acceptors (Lipinski definition) is 0. The van der Waals surface area contributed by atoms with E-state index < -0.39 is 0 Å². The van der Waals surface area contributed by atoms with Gasteiger partial charge in [0.25, 0.3) is 0 Å². The SMILES string of the molecule is C1=C2CCCC=C(CCC1)CC2. The minimum atomic E-state index is 1.33. The van der Waals surface area contributed by atoms with E-state index in [1.165, 1.54) is 51.4 Å². The molecular weight excluding hydrogens is 144 g/mol. The summed E-state index contributed by atoms with van der Waals surface area (Å²) in [7, 11) is 0. The molecule has 0 heteroatoms. The Morgan fingerprint density at radius 3 is 1.67 bits per heavy atom. The fourth-order valence-electron chi connectivity index (χ4n) is 2.25. The summed E-state index contributed by atoms with van der Waals surface area (Å²) in [5.41, 5.74) is 3.47. The van der Waals surface area contributed by atoms with E-state index in [1.54, 1.807) is 11.1 Å².